The van der Waals surface area contributed by atoms with E-state index in [0.29, 0.717) is 27.9 Å². The Morgan fingerprint density at radius 2 is 1.66 bits per heavy atom. The molecule has 5 aliphatic carbocycles. The standard InChI is InChI=1S/C38H56N2O3S/c1-35(2)29(26-7-9-27(10-8-26)34(41)42)13-17-37(4)32(35)15-18-36(3)30-14-19-38(39-20-21-40-22-24-44(43)25-23-40)16-5-6-31(38)28(30)11-12-33(36)37/h7-10,13,28,30-33,39H,5-6,11-12,14-25H2,1-4H3,(H,41,42)/t28?,30?,31-,32?,33?,36?,37?,38?/m1/s1. The lowest BCUT2D eigenvalue weighted by Crippen LogP contribution is -2.63. The van der Waals surface area contributed by atoms with Crippen molar-refractivity contribution in [2.45, 2.75) is 97.4 Å². The summed E-state index contributed by atoms with van der Waals surface area (Å²) >= 11 is 0. The van der Waals surface area contributed by atoms with E-state index in [0.717, 1.165) is 67.8 Å². The Bertz CT molecular complexity index is 1310. The van der Waals surface area contributed by atoms with Crippen LogP contribution in [-0.4, -0.2) is 63.4 Å². The van der Waals surface area contributed by atoms with Gasteiger partial charge in [-0.1, -0.05) is 52.3 Å². The van der Waals surface area contributed by atoms with Crippen molar-refractivity contribution >= 4 is 22.3 Å². The minimum Gasteiger partial charge on any atom is -0.478 e. The molecule has 44 heavy (non-hydrogen) atoms. The summed E-state index contributed by atoms with van der Waals surface area (Å²) in [5.41, 5.74) is 4.15. The molecule has 4 saturated carbocycles. The summed E-state index contributed by atoms with van der Waals surface area (Å²) in [6, 6.07) is 7.63. The Kier molecular flexibility index (Phi) is 8.02. The van der Waals surface area contributed by atoms with Gasteiger partial charge in [0.15, 0.2) is 0 Å². The molecular weight excluding hydrogens is 564 g/mol. The number of hydrogen-bond acceptors (Lipinski definition) is 4. The van der Waals surface area contributed by atoms with Crippen molar-refractivity contribution in [2.24, 2.45) is 45.8 Å². The molecule has 7 unspecified atom stereocenters. The minimum atomic E-state index is -0.853. The van der Waals surface area contributed by atoms with E-state index in [1.807, 2.05) is 12.1 Å². The van der Waals surface area contributed by atoms with Crippen molar-refractivity contribution < 1.29 is 14.1 Å². The average molecular weight is 621 g/mol. The first kappa shape index (κ1) is 31.1. The summed E-state index contributed by atoms with van der Waals surface area (Å²) in [7, 11) is -0.595. The number of allylic oxidation sites excluding steroid dienone is 2. The van der Waals surface area contributed by atoms with Gasteiger partial charge in [-0.15, -0.1) is 0 Å². The fraction of sp³-hybridized carbons (Fsp3) is 0.763. The predicted molar refractivity (Wildman–Crippen MR) is 180 cm³/mol. The number of carboxylic acids is 1. The lowest BCUT2D eigenvalue weighted by molar-refractivity contribution is -0.172. The third-order valence-corrected chi connectivity index (χ3v) is 16.0. The maximum Gasteiger partial charge on any atom is 0.335 e. The van der Waals surface area contributed by atoms with E-state index < -0.39 is 16.8 Å². The summed E-state index contributed by atoms with van der Waals surface area (Å²) in [6.07, 6.45) is 16.1. The summed E-state index contributed by atoms with van der Waals surface area (Å²) in [5.74, 6) is 4.82. The third-order valence-electron chi connectivity index (χ3n) is 14.7. The Balaban J connectivity index is 1.08. The normalized spacial score (nSPS) is 42.0. The first-order chi connectivity index (χ1) is 21.0. The van der Waals surface area contributed by atoms with Gasteiger partial charge in [0, 0.05) is 54.0 Å². The molecule has 0 spiro atoms. The Morgan fingerprint density at radius 1 is 0.909 bits per heavy atom. The number of carbonyl (C=O) groups is 1. The second-order valence-corrected chi connectivity index (χ2v) is 18.4. The summed E-state index contributed by atoms with van der Waals surface area (Å²) in [5, 5.41) is 13.6. The van der Waals surface area contributed by atoms with Gasteiger partial charge >= 0.3 is 5.97 Å². The molecule has 0 aromatic heterocycles. The zero-order chi connectivity index (χ0) is 30.9. The van der Waals surface area contributed by atoms with Crippen LogP contribution in [0.1, 0.15) is 108 Å². The number of nitrogens with one attached hydrogen (secondary N) is 1. The first-order valence-corrected chi connectivity index (χ1v) is 19.3. The summed E-state index contributed by atoms with van der Waals surface area (Å²) in [4.78, 5) is 14.0. The van der Waals surface area contributed by atoms with Crippen LogP contribution in [0.25, 0.3) is 5.57 Å². The lowest BCUT2D eigenvalue weighted by atomic mass is 9.37. The molecule has 0 amide bonds. The first-order valence-electron chi connectivity index (χ1n) is 17.8. The van der Waals surface area contributed by atoms with Crippen molar-refractivity contribution in [1.29, 1.82) is 0 Å². The van der Waals surface area contributed by atoms with E-state index in [2.05, 4.69) is 44.0 Å². The molecule has 242 valence electrons. The third kappa shape index (κ3) is 4.91. The number of rotatable bonds is 6. The Morgan fingerprint density at radius 3 is 2.39 bits per heavy atom. The van der Waals surface area contributed by atoms with Crippen LogP contribution in [0.3, 0.4) is 0 Å². The number of fused-ring (bicyclic) bond motifs is 7. The smallest absolute Gasteiger partial charge is 0.335 e. The number of hydrogen-bond donors (Lipinski definition) is 2. The molecule has 0 bridgehead atoms. The van der Waals surface area contributed by atoms with Crippen LogP contribution in [0.15, 0.2) is 30.3 Å². The number of carboxylic acid groups (broad SMARTS) is 1. The van der Waals surface area contributed by atoms with Crippen LogP contribution in [0, 0.1) is 45.8 Å². The van der Waals surface area contributed by atoms with Crippen LogP contribution < -0.4 is 5.32 Å². The van der Waals surface area contributed by atoms with E-state index in [-0.39, 0.29) is 5.41 Å². The van der Waals surface area contributed by atoms with Gasteiger partial charge in [0.1, 0.15) is 0 Å². The van der Waals surface area contributed by atoms with Crippen LogP contribution in [-0.2, 0) is 10.8 Å². The molecule has 1 heterocycles. The van der Waals surface area contributed by atoms with E-state index in [1.54, 1.807) is 12.1 Å². The van der Waals surface area contributed by atoms with Gasteiger partial charge in [0.2, 0.25) is 0 Å². The summed E-state index contributed by atoms with van der Waals surface area (Å²) in [6.45, 7) is 14.5. The van der Waals surface area contributed by atoms with Crippen molar-refractivity contribution in [2.75, 3.05) is 37.7 Å². The highest BCUT2D eigenvalue weighted by atomic mass is 32.2. The Hall–Kier alpha value is -1.50. The van der Waals surface area contributed by atoms with Gasteiger partial charge < -0.3 is 15.3 Å². The molecule has 1 aromatic carbocycles. The van der Waals surface area contributed by atoms with Crippen LogP contribution in [0.4, 0.5) is 0 Å². The van der Waals surface area contributed by atoms with Crippen molar-refractivity contribution in [3.05, 3.63) is 41.5 Å². The lowest BCUT2D eigenvalue weighted by Gasteiger charge is -2.68. The SMILES string of the molecule is CC1(C)C(c2ccc(C(=O)O)cc2)=CCC2(C)C1CCC1(C)C3CCC4(NCCN5CCS(=O)CC5)CCC[C@@H]4C3CCC12. The number of nitrogens with zero attached hydrogens (tertiary/aromatic N) is 1. The topological polar surface area (TPSA) is 69.6 Å². The fourth-order valence-corrected chi connectivity index (χ4v) is 13.9. The molecular formula is C38H56N2O3S. The molecule has 6 heteroatoms. The molecule has 0 radical (unpaired) electrons. The predicted octanol–water partition coefficient (Wildman–Crippen LogP) is 7.25. The van der Waals surface area contributed by atoms with Crippen molar-refractivity contribution in [1.82, 2.24) is 10.2 Å². The second kappa shape index (κ2) is 11.3. The molecule has 6 aliphatic rings. The largest absolute Gasteiger partial charge is 0.478 e. The van der Waals surface area contributed by atoms with E-state index in [1.165, 1.54) is 68.9 Å². The van der Waals surface area contributed by atoms with Gasteiger partial charge in [-0.05, 0) is 127 Å². The van der Waals surface area contributed by atoms with E-state index in [9.17, 15) is 14.1 Å². The summed E-state index contributed by atoms with van der Waals surface area (Å²) < 4.78 is 11.8. The Labute approximate surface area is 268 Å². The van der Waals surface area contributed by atoms with Gasteiger partial charge in [-0.25, -0.2) is 4.79 Å². The second-order valence-electron chi connectivity index (χ2n) is 16.7. The maximum atomic E-state index is 11.8. The molecule has 5 fully saturated rings. The van der Waals surface area contributed by atoms with E-state index in [4.69, 9.17) is 0 Å². The molecule has 5 nitrogen and oxygen atoms in total. The molecule has 8 atom stereocenters. The molecule has 7 rings (SSSR count). The van der Waals surface area contributed by atoms with Crippen LogP contribution in [0.2, 0.25) is 0 Å². The zero-order valence-electron chi connectivity index (χ0n) is 27.7. The fourth-order valence-electron chi connectivity index (χ4n) is 12.8. The number of aromatic carboxylic acids is 1. The van der Waals surface area contributed by atoms with Crippen molar-refractivity contribution in [3.8, 4) is 0 Å². The highest BCUT2D eigenvalue weighted by Gasteiger charge is 2.65. The van der Waals surface area contributed by atoms with Crippen LogP contribution >= 0.6 is 0 Å². The average Bonchev–Trinajstić information content (AvgIpc) is 3.42. The van der Waals surface area contributed by atoms with Gasteiger partial charge in [0.25, 0.3) is 0 Å². The minimum absolute atomic E-state index is 0.0659. The van der Waals surface area contributed by atoms with Gasteiger partial charge in [-0.2, -0.15) is 0 Å². The van der Waals surface area contributed by atoms with Gasteiger partial charge in [0.05, 0.1) is 5.56 Å². The van der Waals surface area contributed by atoms with Crippen LogP contribution in [0.5, 0.6) is 0 Å². The maximum absolute atomic E-state index is 11.8. The highest BCUT2D eigenvalue weighted by Crippen LogP contribution is 2.72. The highest BCUT2D eigenvalue weighted by molar-refractivity contribution is 7.85. The molecule has 1 aromatic rings. The number of benzene rings is 1. The quantitative estimate of drug-likeness (QED) is 0.351. The van der Waals surface area contributed by atoms with E-state index >= 15 is 0 Å². The zero-order valence-corrected chi connectivity index (χ0v) is 28.5. The molecule has 1 saturated heterocycles. The van der Waals surface area contributed by atoms with Crippen molar-refractivity contribution in [3.63, 3.8) is 0 Å². The monoisotopic (exact) mass is 620 g/mol. The molecule has 2 N–H and O–H groups in total. The molecule has 1 aliphatic heterocycles. The van der Waals surface area contributed by atoms with Gasteiger partial charge in [-0.3, -0.25) is 4.21 Å².